The summed E-state index contributed by atoms with van der Waals surface area (Å²) in [5.74, 6) is 1.26. The zero-order valence-electron chi connectivity index (χ0n) is 18.4. The van der Waals surface area contributed by atoms with Gasteiger partial charge in [0, 0.05) is 18.8 Å². The summed E-state index contributed by atoms with van der Waals surface area (Å²) in [6, 6.07) is 0. The van der Waals surface area contributed by atoms with Crippen LogP contribution < -0.4 is 5.32 Å². The Balaban J connectivity index is 1.77. The molecule has 1 amide bonds. The van der Waals surface area contributed by atoms with Crippen molar-refractivity contribution < 1.29 is 14.4 Å². The van der Waals surface area contributed by atoms with Crippen LogP contribution in [0, 0.1) is 39.2 Å². The molecule has 1 N–H and O–H groups in total. The van der Waals surface area contributed by atoms with Crippen LogP contribution in [0.2, 0.25) is 0 Å². The molecule has 6 heteroatoms. The number of thiocyanates is 1. The first-order chi connectivity index (χ1) is 14.1. The van der Waals surface area contributed by atoms with E-state index in [9.17, 15) is 19.6 Å². The number of hydrogen-bond donors (Lipinski definition) is 1. The average molecular weight is 429 g/mol. The molecular weight excluding hydrogens is 396 g/mol. The fraction of sp³-hybridized carbons (Fsp3) is 0.750. The van der Waals surface area contributed by atoms with E-state index in [0.717, 1.165) is 50.3 Å². The molecule has 162 valence electrons. The molecule has 0 radical (unpaired) electrons. The molecule has 4 aliphatic rings. The minimum atomic E-state index is -0.992. The number of rotatable bonds is 3. The van der Waals surface area contributed by atoms with Gasteiger partial charge in [-0.15, -0.1) is 0 Å². The molecule has 0 aromatic rings. The van der Waals surface area contributed by atoms with Crippen LogP contribution in [-0.4, -0.2) is 28.3 Å². The lowest BCUT2D eigenvalue weighted by atomic mass is 9.46. The van der Waals surface area contributed by atoms with E-state index in [1.807, 2.05) is 6.08 Å². The summed E-state index contributed by atoms with van der Waals surface area (Å²) in [5, 5.41) is 14.6. The van der Waals surface area contributed by atoms with Crippen molar-refractivity contribution in [1.29, 1.82) is 5.26 Å². The van der Waals surface area contributed by atoms with Gasteiger partial charge in [0.25, 0.3) is 0 Å². The predicted molar refractivity (Wildman–Crippen MR) is 116 cm³/mol. The molecule has 5 nitrogen and oxygen atoms in total. The molecule has 0 spiro atoms. The van der Waals surface area contributed by atoms with Gasteiger partial charge in [-0.05, 0) is 86.5 Å². The average Bonchev–Trinajstić information content (AvgIpc) is 2.92. The molecule has 30 heavy (non-hydrogen) atoms. The van der Waals surface area contributed by atoms with Crippen LogP contribution in [0.1, 0.15) is 72.6 Å². The molecule has 4 rings (SSSR count). The number of ketones is 2. The Morgan fingerprint density at radius 2 is 1.90 bits per heavy atom. The summed E-state index contributed by atoms with van der Waals surface area (Å²) in [5.41, 5.74) is 0.0339. The summed E-state index contributed by atoms with van der Waals surface area (Å²) in [4.78, 5) is 37.4. The van der Waals surface area contributed by atoms with E-state index in [-0.39, 0.29) is 39.5 Å². The van der Waals surface area contributed by atoms with Crippen molar-refractivity contribution in [3.05, 3.63) is 11.6 Å². The second kappa shape index (κ2) is 7.22. The Labute approximate surface area is 183 Å². The van der Waals surface area contributed by atoms with Crippen LogP contribution >= 0.6 is 11.8 Å². The van der Waals surface area contributed by atoms with Crippen LogP contribution in [0.4, 0.5) is 0 Å². The highest BCUT2D eigenvalue weighted by atomic mass is 32.2. The van der Waals surface area contributed by atoms with E-state index in [0.29, 0.717) is 18.3 Å². The highest BCUT2D eigenvalue weighted by molar-refractivity contribution is 8.04. The van der Waals surface area contributed by atoms with Crippen molar-refractivity contribution in [3.63, 3.8) is 0 Å². The first kappa shape index (κ1) is 21.6. The predicted octanol–water partition coefficient (Wildman–Crippen LogP) is 4.17. The van der Waals surface area contributed by atoms with Gasteiger partial charge in [0.05, 0.1) is 5.25 Å². The lowest BCUT2D eigenvalue weighted by Gasteiger charge is -2.59. The number of fused-ring (bicyclic) bond motifs is 5. The number of Topliss-reactive ketones (excluding diaryl/α,β-unsaturated/α-hetero) is 1. The maximum absolute atomic E-state index is 13.2. The molecule has 0 bridgehead atoms. The first-order valence-corrected chi connectivity index (χ1v) is 12.1. The van der Waals surface area contributed by atoms with Gasteiger partial charge in [0.2, 0.25) is 5.91 Å². The second-order valence-electron chi connectivity index (χ2n) is 10.4. The highest BCUT2D eigenvalue weighted by Gasteiger charge is 2.70. The Morgan fingerprint density at radius 3 is 2.53 bits per heavy atom. The maximum Gasteiger partial charge on any atom is 0.217 e. The van der Waals surface area contributed by atoms with Gasteiger partial charge in [0.1, 0.15) is 10.9 Å². The smallest absolute Gasteiger partial charge is 0.217 e. The van der Waals surface area contributed by atoms with Gasteiger partial charge in [-0.3, -0.25) is 14.4 Å². The molecule has 4 aliphatic carbocycles. The maximum atomic E-state index is 13.2. The van der Waals surface area contributed by atoms with Gasteiger partial charge >= 0.3 is 0 Å². The normalized spacial score (nSPS) is 44.8. The zero-order valence-corrected chi connectivity index (χ0v) is 19.2. The number of nitriles is 1. The molecular formula is C24H32N2O3S. The lowest BCUT2D eigenvalue weighted by molar-refractivity contribution is -0.139. The quantitative estimate of drug-likeness (QED) is 0.682. The lowest BCUT2D eigenvalue weighted by Crippen LogP contribution is -2.67. The number of allylic oxidation sites excluding steroid dienone is 1. The zero-order chi connectivity index (χ0) is 21.9. The molecule has 0 heterocycles. The molecule has 0 aliphatic heterocycles. The minimum absolute atomic E-state index is 0.0280. The standard InChI is InChI=1S/C24H32N2O3S/c1-14(27)24(26-15(2)28)21(30-13-25)12-20-18-6-5-16-11-17(29)7-9-22(16,3)19(18)8-10-23(20,24)4/h11,18-21H,5-10,12H2,1-4H3,(H,26,28). The number of nitrogens with zero attached hydrogens (tertiary/aromatic N) is 1. The van der Waals surface area contributed by atoms with Gasteiger partial charge < -0.3 is 5.32 Å². The monoisotopic (exact) mass is 428 g/mol. The third kappa shape index (κ3) is 2.77. The van der Waals surface area contributed by atoms with E-state index >= 15 is 0 Å². The molecule has 7 atom stereocenters. The Hall–Kier alpha value is -1.61. The summed E-state index contributed by atoms with van der Waals surface area (Å²) >= 11 is 1.16. The summed E-state index contributed by atoms with van der Waals surface area (Å²) < 4.78 is 0. The van der Waals surface area contributed by atoms with Crippen molar-refractivity contribution >= 4 is 29.2 Å². The summed E-state index contributed by atoms with van der Waals surface area (Å²) in [6.07, 6.45) is 8.06. The van der Waals surface area contributed by atoms with Gasteiger partial charge in [0.15, 0.2) is 11.6 Å². The second-order valence-corrected chi connectivity index (χ2v) is 11.4. The summed E-state index contributed by atoms with van der Waals surface area (Å²) in [6.45, 7) is 7.57. The van der Waals surface area contributed by atoms with Crippen LogP contribution in [0.25, 0.3) is 0 Å². The summed E-state index contributed by atoms with van der Waals surface area (Å²) in [7, 11) is 0. The van der Waals surface area contributed by atoms with Gasteiger partial charge in [-0.2, -0.15) is 5.26 Å². The fourth-order valence-corrected chi connectivity index (χ4v) is 9.10. The molecule has 3 saturated carbocycles. The molecule has 0 aromatic carbocycles. The van der Waals surface area contributed by atoms with E-state index in [1.54, 1.807) is 6.92 Å². The molecule has 0 aromatic heterocycles. The fourth-order valence-electron chi connectivity index (χ4n) is 8.00. The van der Waals surface area contributed by atoms with Crippen molar-refractivity contribution in [1.82, 2.24) is 5.32 Å². The first-order valence-electron chi connectivity index (χ1n) is 11.2. The SMILES string of the molecule is CC(=O)NC1(C(C)=O)C(SC#N)CC2C3CCC4=CC(=O)CCC4(C)C3CCC21C. The van der Waals surface area contributed by atoms with Gasteiger partial charge in [-0.25, -0.2) is 0 Å². The molecule has 3 fully saturated rings. The third-order valence-electron chi connectivity index (χ3n) is 9.33. The molecule has 0 saturated heterocycles. The van der Waals surface area contributed by atoms with Crippen molar-refractivity contribution in [2.45, 2.75) is 83.4 Å². The topological polar surface area (TPSA) is 87.0 Å². The van der Waals surface area contributed by atoms with Crippen LogP contribution in [-0.2, 0) is 14.4 Å². The number of nitrogens with one attached hydrogen (secondary N) is 1. The Bertz CT molecular complexity index is 876. The van der Waals surface area contributed by atoms with E-state index in [2.05, 4.69) is 24.6 Å². The number of carbonyl (C=O) groups excluding carboxylic acids is 3. The number of hydrogen-bond acceptors (Lipinski definition) is 5. The van der Waals surface area contributed by atoms with Crippen LogP contribution in [0.3, 0.4) is 0 Å². The van der Waals surface area contributed by atoms with E-state index in [1.165, 1.54) is 12.5 Å². The minimum Gasteiger partial charge on any atom is -0.342 e. The van der Waals surface area contributed by atoms with Crippen molar-refractivity contribution in [3.8, 4) is 5.40 Å². The number of amides is 1. The van der Waals surface area contributed by atoms with Crippen molar-refractivity contribution in [2.24, 2.45) is 28.6 Å². The Kier molecular flexibility index (Phi) is 5.20. The van der Waals surface area contributed by atoms with Gasteiger partial charge in [-0.1, -0.05) is 19.4 Å². The largest absolute Gasteiger partial charge is 0.342 e. The Morgan fingerprint density at radius 1 is 1.17 bits per heavy atom. The van der Waals surface area contributed by atoms with Crippen LogP contribution in [0.15, 0.2) is 11.6 Å². The number of thioether (sulfide) groups is 1. The third-order valence-corrected chi connectivity index (χ3v) is 10.3. The number of carbonyl (C=O) groups is 3. The highest BCUT2D eigenvalue weighted by Crippen LogP contribution is 2.68. The van der Waals surface area contributed by atoms with E-state index < -0.39 is 5.54 Å². The molecule has 7 unspecified atom stereocenters. The van der Waals surface area contributed by atoms with Crippen LogP contribution in [0.5, 0.6) is 0 Å². The van der Waals surface area contributed by atoms with E-state index in [4.69, 9.17) is 0 Å². The van der Waals surface area contributed by atoms with Crippen molar-refractivity contribution in [2.75, 3.05) is 0 Å².